The van der Waals surface area contributed by atoms with E-state index in [0.717, 1.165) is 6.54 Å². The van der Waals surface area contributed by atoms with Crippen molar-refractivity contribution in [1.82, 2.24) is 14.9 Å². The van der Waals surface area contributed by atoms with E-state index in [4.69, 9.17) is 0 Å². The molecule has 1 atom stereocenters. The van der Waals surface area contributed by atoms with Gasteiger partial charge in [0.25, 0.3) is 0 Å². The summed E-state index contributed by atoms with van der Waals surface area (Å²) >= 11 is 0. The third-order valence-corrected chi connectivity index (χ3v) is 3.72. The Labute approximate surface area is 96.1 Å². The zero-order chi connectivity index (χ0) is 11.6. The van der Waals surface area contributed by atoms with Crippen molar-refractivity contribution >= 4 is 6.03 Å². The molecule has 0 spiro atoms. The maximum atomic E-state index is 11.7. The molecular weight excluding hydrogens is 202 g/mol. The fourth-order valence-electron chi connectivity index (χ4n) is 2.46. The van der Waals surface area contributed by atoms with Gasteiger partial charge in [0.05, 0.1) is 0 Å². The molecular formula is C12H19N3O. The second-order valence-electron chi connectivity index (χ2n) is 5.23. The smallest absolute Gasteiger partial charge is 0.326 e. The number of nitrogens with zero attached hydrogens (tertiary/aromatic N) is 2. The fourth-order valence-corrected chi connectivity index (χ4v) is 2.46. The topological polar surface area (TPSA) is 46.9 Å². The van der Waals surface area contributed by atoms with Gasteiger partial charge in [-0.3, -0.25) is 4.57 Å². The molecule has 1 aliphatic carbocycles. The molecule has 0 radical (unpaired) electrons. The molecule has 1 fully saturated rings. The van der Waals surface area contributed by atoms with Crippen LogP contribution in [-0.2, 0) is 0 Å². The number of aromatic nitrogens is 2. The van der Waals surface area contributed by atoms with Gasteiger partial charge < -0.3 is 5.32 Å². The minimum absolute atomic E-state index is 0.0831. The standard InChI is InChI=1S/C12H19N3O/c1-12(2)5-3-4-10(12)8-14-11(16)15-7-6-13-9-15/h6-7,9-10H,3-5,8H2,1-2H3,(H,14,16). The van der Waals surface area contributed by atoms with Gasteiger partial charge in [-0.2, -0.15) is 0 Å². The maximum absolute atomic E-state index is 11.7. The van der Waals surface area contributed by atoms with Crippen molar-refractivity contribution in [2.45, 2.75) is 33.1 Å². The van der Waals surface area contributed by atoms with Gasteiger partial charge in [-0.1, -0.05) is 20.3 Å². The Kier molecular flexibility index (Phi) is 2.99. The van der Waals surface area contributed by atoms with Gasteiger partial charge in [0.1, 0.15) is 6.33 Å². The summed E-state index contributed by atoms with van der Waals surface area (Å²) in [6.45, 7) is 5.34. The fraction of sp³-hybridized carbons (Fsp3) is 0.667. The number of nitrogens with one attached hydrogen (secondary N) is 1. The largest absolute Gasteiger partial charge is 0.337 e. The van der Waals surface area contributed by atoms with Gasteiger partial charge in [-0.15, -0.1) is 0 Å². The monoisotopic (exact) mass is 221 g/mol. The van der Waals surface area contributed by atoms with E-state index in [1.807, 2.05) is 0 Å². The lowest BCUT2D eigenvalue weighted by Crippen LogP contribution is -2.35. The summed E-state index contributed by atoms with van der Waals surface area (Å²) in [5.74, 6) is 0.597. The normalized spacial score (nSPS) is 23.2. The molecule has 1 aliphatic rings. The minimum atomic E-state index is -0.0831. The van der Waals surface area contributed by atoms with E-state index < -0.39 is 0 Å². The quantitative estimate of drug-likeness (QED) is 0.832. The van der Waals surface area contributed by atoms with Crippen LogP contribution in [0.3, 0.4) is 0 Å². The van der Waals surface area contributed by atoms with Crippen LogP contribution in [0.4, 0.5) is 4.79 Å². The molecule has 1 unspecified atom stereocenters. The summed E-state index contributed by atoms with van der Waals surface area (Å²) < 4.78 is 1.47. The molecule has 2 rings (SSSR count). The average Bonchev–Trinajstić information content (AvgIpc) is 2.83. The Morgan fingerprint density at radius 1 is 1.62 bits per heavy atom. The van der Waals surface area contributed by atoms with E-state index in [2.05, 4.69) is 24.1 Å². The van der Waals surface area contributed by atoms with Crippen LogP contribution in [0.25, 0.3) is 0 Å². The average molecular weight is 221 g/mol. The van der Waals surface area contributed by atoms with Crippen LogP contribution >= 0.6 is 0 Å². The molecule has 0 aromatic carbocycles. The lowest BCUT2D eigenvalue weighted by atomic mass is 9.82. The van der Waals surface area contributed by atoms with Gasteiger partial charge in [0.2, 0.25) is 0 Å². The second-order valence-corrected chi connectivity index (χ2v) is 5.23. The summed E-state index contributed by atoms with van der Waals surface area (Å²) in [6.07, 6.45) is 8.55. The molecule has 4 heteroatoms. The highest BCUT2D eigenvalue weighted by molar-refractivity contribution is 5.76. The van der Waals surface area contributed by atoms with Crippen LogP contribution in [0.5, 0.6) is 0 Å². The van der Waals surface area contributed by atoms with Gasteiger partial charge in [-0.25, -0.2) is 9.78 Å². The molecule has 0 aliphatic heterocycles. The highest BCUT2D eigenvalue weighted by Gasteiger charge is 2.34. The SMILES string of the molecule is CC1(C)CCCC1CNC(=O)n1ccnc1. The molecule has 0 bridgehead atoms. The molecule has 1 saturated carbocycles. The van der Waals surface area contributed by atoms with Gasteiger partial charge in [0, 0.05) is 18.9 Å². The van der Waals surface area contributed by atoms with Crippen LogP contribution in [0.1, 0.15) is 33.1 Å². The molecule has 0 saturated heterocycles. The summed E-state index contributed by atoms with van der Waals surface area (Å²) in [7, 11) is 0. The first-order valence-corrected chi connectivity index (χ1v) is 5.86. The number of carbonyl (C=O) groups is 1. The Balaban J connectivity index is 1.86. The van der Waals surface area contributed by atoms with Crippen molar-refractivity contribution in [2.75, 3.05) is 6.54 Å². The Morgan fingerprint density at radius 2 is 2.44 bits per heavy atom. The van der Waals surface area contributed by atoms with Crippen LogP contribution < -0.4 is 5.32 Å². The summed E-state index contributed by atoms with van der Waals surface area (Å²) in [5, 5.41) is 2.97. The molecule has 16 heavy (non-hydrogen) atoms. The minimum Gasteiger partial charge on any atom is -0.337 e. The third kappa shape index (κ3) is 2.26. The highest BCUT2D eigenvalue weighted by Crippen LogP contribution is 2.41. The first-order chi connectivity index (χ1) is 7.59. The number of hydrogen-bond donors (Lipinski definition) is 1. The Bertz CT molecular complexity index is 356. The molecule has 4 nitrogen and oxygen atoms in total. The number of carbonyl (C=O) groups excluding carboxylic acids is 1. The molecule has 1 amide bonds. The van der Waals surface area contributed by atoms with Crippen LogP contribution in [0, 0.1) is 11.3 Å². The Hall–Kier alpha value is -1.32. The van der Waals surface area contributed by atoms with E-state index in [1.54, 1.807) is 12.4 Å². The maximum Gasteiger partial charge on any atom is 0.326 e. The zero-order valence-corrected chi connectivity index (χ0v) is 9.94. The van der Waals surface area contributed by atoms with Crippen molar-refractivity contribution in [1.29, 1.82) is 0 Å². The van der Waals surface area contributed by atoms with Gasteiger partial charge >= 0.3 is 6.03 Å². The summed E-state index contributed by atoms with van der Waals surface area (Å²) in [6, 6.07) is -0.0831. The number of amides is 1. The van der Waals surface area contributed by atoms with Crippen molar-refractivity contribution in [3.8, 4) is 0 Å². The lowest BCUT2D eigenvalue weighted by molar-refractivity contribution is 0.226. The summed E-state index contributed by atoms with van der Waals surface area (Å²) in [4.78, 5) is 15.5. The van der Waals surface area contributed by atoms with Crippen molar-refractivity contribution in [3.63, 3.8) is 0 Å². The van der Waals surface area contributed by atoms with Crippen molar-refractivity contribution in [2.24, 2.45) is 11.3 Å². The predicted molar refractivity (Wildman–Crippen MR) is 62.1 cm³/mol. The zero-order valence-electron chi connectivity index (χ0n) is 9.94. The number of imidazole rings is 1. The van der Waals surface area contributed by atoms with Gasteiger partial charge in [-0.05, 0) is 24.2 Å². The molecule has 1 aromatic rings. The second kappa shape index (κ2) is 4.28. The van der Waals surface area contributed by atoms with Gasteiger partial charge in [0.15, 0.2) is 0 Å². The first kappa shape index (κ1) is 11.2. The Morgan fingerprint density at radius 3 is 3.00 bits per heavy atom. The van der Waals surface area contributed by atoms with Crippen molar-refractivity contribution < 1.29 is 4.79 Å². The number of hydrogen-bond acceptors (Lipinski definition) is 2. The number of rotatable bonds is 2. The highest BCUT2D eigenvalue weighted by atomic mass is 16.2. The first-order valence-electron chi connectivity index (χ1n) is 5.86. The van der Waals surface area contributed by atoms with Crippen LogP contribution in [-0.4, -0.2) is 22.1 Å². The van der Waals surface area contributed by atoms with E-state index in [9.17, 15) is 4.79 Å². The molecule has 1 N–H and O–H groups in total. The predicted octanol–water partition coefficient (Wildman–Crippen LogP) is 2.27. The molecule has 1 aromatic heterocycles. The van der Waals surface area contributed by atoms with Crippen molar-refractivity contribution in [3.05, 3.63) is 18.7 Å². The summed E-state index contributed by atoms with van der Waals surface area (Å²) in [5.41, 5.74) is 0.363. The third-order valence-electron chi connectivity index (χ3n) is 3.72. The van der Waals surface area contributed by atoms with E-state index in [0.29, 0.717) is 11.3 Å². The van der Waals surface area contributed by atoms with E-state index in [-0.39, 0.29) is 6.03 Å². The molecule has 88 valence electrons. The lowest BCUT2D eigenvalue weighted by Gasteiger charge is -2.27. The van der Waals surface area contributed by atoms with Crippen LogP contribution in [0.15, 0.2) is 18.7 Å². The van der Waals surface area contributed by atoms with Crippen LogP contribution in [0.2, 0.25) is 0 Å². The van der Waals surface area contributed by atoms with E-state index >= 15 is 0 Å². The van der Waals surface area contributed by atoms with E-state index in [1.165, 1.54) is 30.2 Å². The molecule has 1 heterocycles.